The Morgan fingerprint density at radius 1 is 1.05 bits per heavy atom. The molecule has 2 aromatic carbocycles. The molecule has 21 heavy (non-hydrogen) atoms. The normalized spacial score (nSPS) is 10.8. The first-order valence-corrected chi connectivity index (χ1v) is 6.41. The van der Waals surface area contributed by atoms with Gasteiger partial charge in [-0.2, -0.15) is 0 Å². The van der Waals surface area contributed by atoms with Crippen molar-refractivity contribution in [3.63, 3.8) is 0 Å². The molecule has 0 aliphatic heterocycles. The molecule has 0 bridgehead atoms. The van der Waals surface area contributed by atoms with Gasteiger partial charge in [-0.3, -0.25) is 0 Å². The summed E-state index contributed by atoms with van der Waals surface area (Å²) < 4.78 is 31.9. The van der Waals surface area contributed by atoms with E-state index >= 15 is 0 Å². The lowest BCUT2D eigenvalue weighted by atomic mass is 10.0. The minimum atomic E-state index is -0.753. The molecule has 0 unspecified atom stereocenters. The van der Waals surface area contributed by atoms with Crippen molar-refractivity contribution in [2.45, 2.75) is 0 Å². The Labute approximate surface area is 123 Å². The molecular formula is C15H9ClF2N2O. The van der Waals surface area contributed by atoms with Crippen molar-refractivity contribution in [1.82, 2.24) is 5.16 Å². The van der Waals surface area contributed by atoms with Gasteiger partial charge in [0, 0.05) is 22.2 Å². The van der Waals surface area contributed by atoms with Gasteiger partial charge >= 0.3 is 0 Å². The van der Waals surface area contributed by atoms with Crippen molar-refractivity contribution in [3.8, 4) is 22.4 Å². The van der Waals surface area contributed by atoms with Crippen LogP contribution in [0.5, 0.6) is 0 Å². The highest BCUT2D eigenvalue weighted by Crippen LogP contribution is 2.40. The molecule has 3 aromatic rings. The predicted octanol–water partition coefficient (Wildman–Crippen LogP) is 4.52. The molecule has 2 N–H and O–H groups in total. The van der Waals surface area contributed by atoms with Crippen LogP contribution < -0.4 is 5.73 Å². The molecule has 0 saturated heterocycles. The number of nitrogens with zero attached hydrogens (tertiary/aromatic N) is 1. The Morgan fingerprint density at radius 3 is 2.52 bits per heavy atom. The molecule has 3 rings (SSSR count). The summed E-state index contributed by atoms with van der Waals surface area (Å²) in [4.78, 5) is 0. The van der Waals surface area contributed by atoms with Crippen molar-refractivity contribution in [3.05, 3.63) is 59.1 Å². The van der Waals surface area contributed by atoms with E-state index in [9.17, 15) is 8.78 Å². The minimum Gasteiger partial charge on any atom is -0.367 e. The van der Waals surface area contributed by atoms with Gasteiger partial charge in [0.2, 0.25) is 5.88 Å². The van der Waals surface area contributed by atoms with E-state index in [1.54, 1.807) is 24.3 Å². The molecule has 0 radical (unpaired) electrons. The second-order valence-electron chi connectivity index (χ2n) is 4.37. The molecule has 6 heteroatoms. The number of halogens is 3. The van der Waals surface area contributed by atoms with Crippen molar-refractivity contribution >= 4 is 17.5 Å². The van der Waals surface area contributed by atoms with Gasteiger partial charge in [0.1, 0.15) is 17.3 Å². The lowest BCUT2D eigenvalue weighted by molar-refractivity contribution is 0.439. The summed E-state index contributed by atoms with van der Waals surface area (Å²) in [7, 11) is 0. The van der Waals surface area contributed by atoms with Crippen molar-refractivity contribution in [2.24, 2.45) is 0 Å². The third-order valence-corrected chi connectivity index (χ3v) is 3.38. The van der Waals surface area contributed by atoms with Crippen LogP contribution in [0.15, 0.2) is 47.0 Å². The Bertz CT molecular complexity index is 817. The molecule has 0 fully saturated rings. The van der Waals surface area contributed by atoms with Gasteiger partial charge in [0.25, 0.3) is 0 Å². The van der Waals surface area contributed by atoms with Crippen molar-refractivity contribution in [2.75, 3.05) is 5.73 Å². The smallest absolute Gasteiger partial charge is 0.230 e. The van der Waals surface area contributed by atoms with Crippen molar-refractivity contribution < 1.29 is 13.3 Å². The summed E-state index contributed by atoms with van der Waals surface area (Å²) in [5.41, 5.74) is 6.99. The minimum absolute atomic E-state index is 0.0156. The number of anilines is 1. The third-order valence-electron chi connectivity index (χ3n) is 3.05. The molecule has 0 aliphatic rings. The average Bonchev–Trinajstić information content (AvgIpc) is 2.81. The Morgan fingerprint density at radius 2 is 1.81 bits per heavy atom. The second-order valence-corrected chi connectivity index (χ2v) is 4.78. The number of benzene rings is 2. The van der Waals surface area contributed by atoms with Crippen LogP contribution >= 0.6 is 11.6 Å². The standard InChI is InChI=1S/C15H9ClF2N2O/c16-11-4-2-1-3-9(11)13-14(20-21-15(13)19)10-6-5-8(17)7-12(10)18/h1-7H,19H2. The van der Waals surface area contributed by atoms with Gasteiger partial charge < -0.3 is 10.3 Å². The van der Waals surface area contributed by atoms with E-state index in [4.69, 9.17) is 21.9 Å². The maximum absolute atomic E-state index is 13.9. The number of nitrogens with two attached hydrogens (primary N) is 1. The zero-order valence-electron chi connectivity index (χ0n) is 10.6. The molecule has 1 aromatic heterocycles. The van der Waals surface area contributed by atoms with Crippen LogP contribution in [-0.4, -0.2) is 5.16 Å². The Balaban J connectivity index is 2.25. The summed E-state index contributed by atoms with van der Waals surface area (Å²) in [5, 5.41) is 4.20. The highest BCUT2D eigenvalue weighted by molar-refractivity contribution is 6.33. The van der Waals surface area contributed by atoms with E-state index in [-0.39, 0.29) is 17.1 Å². The van der Waals surface area contributed by atoms with Crippen LogP contribution in [0.25, 0.3) is 22.4 Å². The molecule has 0 amide bonds. The largest absolute Gasteiger partial charge is 0.367 e. The fraction of sp³-hybridized carbons (Fsp3) is 0. The highest BCUT2D eigenvalue weighted by Gasteiger charge is 2.21. The first kappa shape index (κ1) is 13.6. The third kappa shape index (κ3) is 2.36. The van der Waals surface area contributed by atoms with Gasteiger partial charge in [-0.05, 0) is 18.2 Å². The number of rotatable bonds is 2. The number of hydrogen-bond acceptors (Lipinski definition) is 3. The number of nitrogen functional groups attached to an aromatic ring is 1. The highest BCUT2D eigenvalue weighted by atomic mass is 35.5. The van der Waals surface area contributed by atoms with Gasteiger partial charge in [-0.15, -0.1) is 0 Å². The van der Waals surface area contributed by atoms with Gasteiger partial charge in [-0.25, -0.2) is 8.78 Å². The van der Waals surface area contributed by atoms with Crippen LogP contribution in [0.1, 0.15) is 0 Å². The van der Waals surface area contributed by atoms with E-state index < -0.39 is 11.6 Å². The van der Waals surface area contributed by atoms with Gasteiger partial charge in [0.05, 0.1) is 5.56 Å². The molecule has 0 saturated carbocycles. The zero-order valence-corrected chi connectivity index (χ0v) is 11.4. The fourth-order valence-corrected chi connectivity index (χ4v) is 2.32. The quantitative estimate of drug-likeness (QED) is 0.757. The molecule has 0 aliphatic carbocycles. The second kappa shape index (κ2) is 5.18. The summed E-state index contributed by atoms with van der Waals surface area (Å²) >= 11 is 6.13. The maximum atomic E-state index is 13.9. The van der Waals surface area contributed by atoms with Crippen LogP contribution in [-0.2, 0) is 0 Å². The number of hydrogen-bond donors (Lipinski definition) is 1. The number of aromatic nitrogens is 1. The predicted molar refractivity (Wildman–Crippen MR) is 76.7 cm³/mol. The molecular weight excluding hydrogens is 298 g/mol. The summed E-state index contributed by atoms with van der Waals surface area (Å²) in [6.45, 7) is 0. The van der Waals surface area contributed by atoms with Crippen LogP contribution in [0.2, 0.25) is 5.02 Å². The lowest BCUT2D eigenvalue weighted by Crippen LogP contribution is -1.91. The van der Waals surface area contributed by atoms with Crippen molar-refractivity contribution in [1.29, 1.82) is 0 Å². The van der Waals surface area contributed by atoms with E-state index in [0.717, 1.165) is 12.1 Å². The first-order valence-electron chi connectivity index (χ1n) is 6.03. The molecule has 1 heterocycles. The van der Waals surface area contributed by atoms with Gasteiger partial charge in [-0.1, -0.05) is 35.0 Å². The van der Waals surface area contributed by atoms with E-state index in [2.05, 4.69) is 5.16 Å². The van der Waals surface area contributed by atoms with E-state index in [1.807, 2.05) is 0 Å². The van der Waals surface area contributed by atoms with Gasteiger partial charge in [0.15, 0.2) is 0 Å². The molecule has 106 valence electrons. The zero-order chi connectivity index (χ0) is 15.0. The molecule has 0 atom stereocenters. The molecule has 0 spiro atoms. The maximum Gasteiger partial charge on any atom is 0.230 e. The summed E-state index contributed by atoms with van der Waals surface area (Å²) in [5.74, 6) is -1.41. The Kier molecular flexibility index (Phi) is 3.35. The summed E-state index contributed by atoms with van der Waals surface area (Å²) in [6, 6.07) is 10.1. The van der Waals surface area contributed by atoms with E-state index in [0.29, 0.717) is 16.1 Å². The van der Waals surface area contributed by atoms with Crippen LogP contribution in [0.3, 0.4) is 0 Å². The van der Waals surface area contributed by atoms with E-state index in [1.165, 1.54) is 6.07 Å². The molecule has 3 nitrogen and oxygen atoms in total. The topological polar surface area (TPSA) is 52.0 Å². The van der Waals surface area contributed by atoms with Crippen LogP contribution in [0.4, 0.5) is 14.7 Å². The first-order chi connectivity index (χ1) is 10.1. The lowest BCUT2D eigenvalue weighted by Gasteiger charge is -2.05. The fourth-order valence-electron chi connectivity index (χ4n) is 2.09. The SMILES string of the molecule is Nc1onc(-c2ccc(F)cc2F)c1-c1ccccc1Cl. The monoisotopic (exact) mass is 306 g/mol. The summed E-state index contributed by atoms with van der Waals surface area (Å²) in [6.07, 6.45) is 0. The van der Waals surface area contributed by atoms with Crippen LogP contribution in [0, 0.1) is 11.6 Å². The average molecular weight is 307 g/mol. The Hall–Kier alpha value is -2.40.